The molecule has 5 rings (SSSR count). The average Bonchev–Trinajstić information content (AvgIpc) is 3.18. The maximum atomic E-state index is 12.6. The highest BCUT2D eigenvalue weighted by molar-refractivity contribution is 5.89. The van der Waals surface area contributed by atoms with Crippen molar-refractivity contribution in [3.8, 4) is 0 Å². The van der Waals surface area contributed by atoms with Crippen molar-refractivity contribution in [1.82, 2.24) is 0 Å². The predicted octanol–water partition coefficient (Wildman–Crippen LogP) is 4.90. The summed E-state index contributed by atoms with van der Waals surface area (Å²) in [6.07, 6.45) is 10.2. The molecule has 0 aromatic carbocycles. The van der Waals surface area contributed by atoms with Crippen LogP contribution in [0.1, 0.15) is 72.6 Å². The summed E-state index contributed by atoms with van der Waals surface area (Å²) < 4.78 is 12.5. The molecule has 0 aromatic heterocycles. The highest BCUT2D eigenvalue weighted by Crippen LogP contribution is 2.69. The molecule has 0 radical (unpaired) electrons. The highest BCUT2D eigenvalue weighted by Gasteiger charge is 2.67. The van der Waals surface area contributed by atoms with E-state index in [1.165, 1.54) is 24.8 Å². The van der Waals surface area contributed by atoms with Gasteiger partial charge in [-0.1, -0.05) is 25.5 Å². The first-order valence-electron chi connectivity index (χ1n) is 10.8. The van der Waals surface area contributed by atoms with Crippen LogP contribution in [0, 0.1) is 34.0 Å². The van der Waals surface area contributed by atoms with Crippen LogP contribution in [0.4, 0.5) is 0 Å². The Hall–Kier alpha value is -0.670. The van der Waals surface area contributed by atoms with E-state index in [0.29, 0.717) is 17.6 Å². The van der Waals surface area contributed by atoms with E-state index < -0.39 is 0 Å². The van der Waals surface area contributed by atoms with Crippen molar-refractivity contribution >= 4 is 5.78 Å². The van der Waals surface area contributed by atoms with Crippen LogP contribution in [0.25, 0.3) is 0 Å². The Labute approximate surface area is 157 Å². The van der Waals surface area contributed by atoms with Crippen molar-refractivity contribution in [3.05, 3.63) is 11.6 Å². The van der Waals surface area contributed by atoms with Gasteiger partial charge in [0, 0.05) is 23.7 Å². The molecular formula is C23H34O3. The molecule has 3 nitrogen and oxygen atoms in total. The largest absolute Gasteiger partial charge is 0.347 e. The Morgan fingerprint density at radius 2 is 1.65 bits per heavy atom. The van der Waals surface area contributed by atoms with Crippen LogP contribution in [-0.2, 0) is 14.3 Å². The number of hydrogen-bond donors (Lipinski definition) is 0. The molecule has 26 heavy (non-hydrogen) atoms. The molecule has 144 valence electrons. The van der Waals surface area contributed by atoms with Crippen LogP contribution in [0.5, 0.6) is 0 Å². The molecule has 4 fully saturated rings. The van der Waals surface area contributed by atoms with E-state index in [4.69, 9.17) is 9.47 Å². The Morgan fingerprint density at radius 3 is 2.38 bits per heavy atom. The molecule has 3 heteroatoms. The van der Waals surface area contributed by atoms with Crippen molar-refractivity contribution < 1.29 is 14.3 Å². The molecule has 0 bridgehead atoms. The van der Waals surface area contributed by atoms with Gasteiger partial charge in [-0.25, -0.2) is 0 Å². The fourth-order valence-electron chi connectivity index (χ4n) is 8.10. The molecule has 1 heterocycles. The predicted molar refractivity (Wildman–Crippen MR) is 101 cm³/mol. The van der Waals surface area contributed by atoms with Crippen LogP contribution in [-0.4, -0.2) is 24.8 Å². The van der Waals surface area contributed by atoms with Crippen LogP contribution in [0.3, 0.4) is 0 Å². The Balaban J connectivity index is 1.53. The third-order valence-corrected chi connectivity index (χ3v) is 9.50. The summed E-state index contributed by atoms with van der Waals surface area (Å²) in [5.41, 5.74) is 1.54. The topological polar surface area (TPSA) is 35.5 Å². The van der Waals surface area contributed by atoms with Gasteiger partial charge in [0.25, 0.3) is 0 Å². The minimum Gasteiger partial charge on any atom is -0.347 e. The van der Waals surface area contributed by atoms with E-state index in [9.17, 15) is 4.79 Å². The summed E-state index contributed by atoms with van der Waals surface area (Å²) in [7, 11) is 0. The molecule has 4 aliphatic carbocycles. The minimum atomic E-state index is -0.310. The van der Waals surface area contributed by atoms with Gasteiger partial charge in [-0.3, -0.25) is 4.79 Å². The number of ketones is 1. The lowest BCUT2D eigenvalue weighted by molar-refractivity contribution is -0.242. The average molecular weight is 359 g/mol. The van der Waals surface area contributed by atoms with Gasteiger partial charge in [-0.15, -0.1) is 0 Å². The third kappa shape index (κ3) is 1.90. The maximum Gasteiger partial charge on any atom is 0.174 e. The van der Waals surface area contributed by atoms with Crippen molar-refractivity contribution in [2.45, 2.75) is 78.4 Å². The number of hydrogen-bond acceptors (Lipinski definition) is 3. The summed E-state index contributed by atoms with van der Waals surface area (Å²) in [6, 6.07) is 0. The van der Waals surface area contributed by atoms with Crippen molar-refractivity contribution in [1.29, 1.82) is 0 Å². The van der Waals surface area contributed by atoms with Gasteiger partial charge in [-0.05, 0) is 69.1 Å². The standard InChI is InChI=1S/C23H34O3/c1-20(2)18-6-5-15-16(21(18,3)10-9-19(20)24)7-11-22(4)17(15)8-12-23(22)25-13-14-26-23/h6,15-17H,5,7-14H2,1-4H3/t15-,16+,17+,21-,22+/m0/s1. The first-order chi connectivity index (χ1) is 12.2. The van der Waals surface area contributed by atoms with Gasteiger partial charge in [0.1, 0.15) is 5.78 Å². The van der Waals surface area contributed by atoms with Gasteiger partial charge in [0.2, 0.25) is 0 Å². The van der Waals surface area contributed by atoms with E-state index in [1.54, 1.807) is 0 Å². The normalized spacial score (nSPS) is 48.7. The minimum absolute atomic E-state index is 0.159. The summed E-state index contributed by atoms with van der Waals surface area (Å²) in [5.74, 6) is 2.25. The van der Waals surface area contributed by atoms with Crippen molar-refractivity contribution in [2.75, 3.05) is 13.2 Å². The van der Waals surface area contributed by atoms with E-state index >= 15 is 0 Å². The zero-order valence-corrected chi connectivity index (χ0v) is 16.9. The van der Waals surface area contributed by atoms with Gasteiger partial charge < -0.3 is 9.47 Å². The van der Waals surface area contributed by atoms with Gasteiger partial charge in [0.05, 0.1) is 13.2 Å². The Bertz CT molecular complexity index is 671. The smallest absolute Gasteiger partial charge is 0.174 e. The first-order valence-corrected chi connectivity index (χ1v) is 10.8. The van der Waals surface area contributed by atoms with E-state index in [0.717, 1.165) is 44.8 Å². The molecule has 0 amide bonds. The third-order valence-electron chi connectivity index (χ3n) is 9.50. The van der Waals surface area contributed by atoms with Crippen LogP contribution >= 0.6 is 0 Å². The summed E-state index contributed by atoms with van der Waals surface area (Å²) in [5, 5.41) is 0. The number of fused-ring (bicyclic) bond motifs is 6. The molecular weight excluding hydrogens is 324 g/mol. The fraction of sp³-hybridized carbons (Fsp3) is 0.870. The molecule has 5 aliphatic rings. The van der Waals surface area contributed by atoms with Crippen LogP contribution in [0.2, 0.25) is 0 Å². The SMILES string of the molecule is CC1(C)C(=O)CC[C@]2(C)C1=CC[C@H]1[C@H]2CC[C@]2(C)[C@@H]1CCC21OCCO1. The molecule has 5 atom stereocenters. The molecule has 1 saturated heterocycles. The van der Waals surface area contributed by atoms with Crippen LogP contribution < -0.4 is 0 Å². The van der Waals surface area contributed by atoms with Gasteiger partial charge >= 0.3 is 0 Å². The van der Waals surface area contributed by atoms with E-state index in [2.05, 4.69) is 33.8 Å². The van der Waals surface area contributed by atoms with Crippen molar-refractivity contribution in [3.63, 3.8) is 0 Å². The van der Waals surface area contributed by atoms with E-state index in [-0.39, 0.29) is 22.0 Å². The zero-order valence-electron chi connectivity index (χ0n) is 16.9. The second-order valence-electron chi connectivity index (χ2n) is 10.6. The van der Waals surface area contributed by atoms with E-state index in [1.807, 2.05) is 0 Å². The number of carbonyl (C=O) groups excluding carboxylic acids is 1. The van der Waals surface area contributed by atoms with Gasteiger partial charge in [0.15, 0.2) is 5.79 Å². The fourth-order valence-corrected chi connectivity index (χ4v) is 8.10. The lowest BCUT2D eigenvalue weighted by atomic mass is 9.45. The van der Waals surface area contributed by atoms with Gasteiger partial charge in [-0.2, -0.15) is 0 Å². The lowest BCUT2D eigenvalue weighted by Gasteiger charge is -2.60. The number of carbonyl (C=O) groups is 1. The number of rotatable bonds is 0. The summed E-state index contributed by atoms with van der Waals surface area (Å²) >= 11 is 0. The van der Waals surface area contributed by atoms with Crippen molar-refractivity contribution in [2.24, 2.45) is 34.0 Å². The highest BCUT2D eigenvalue weighted by atomic mass is 16.7. The number of Topliss-reactive ketones (excluding diaryl/α,β-unsaturated/α-hetero) is 1. The Morgan fingerprint density at radius 1 is 0.962 bits per heavy atom. The zero-order chi connectivity index (χ0) is 18.4. The lowest BCUT2D eigenvalue weighted by Crippen LogP contribution is -2.56. The number of ether oxygens (including phenoxy) is 2. The first kappa shape index (κ1) is 17.4. The molecule has 1 spiro atoms. The van der Waals surface area contributed by atoms with Crippen LogP contribution in [0.15, 0.2) is 11.6 Å². The molecule has 0 N–H and O–H groups in total. The molecule has 0 unspecified atom stereocenters. The number of allylic oxidation sites excluding steroid dienone is 2. The maximum absolute atomic E-state index is 12.6. The second-order valence-corrected chi connectivity index (χ2v) is 10.6. The molecule has 3 saturated carbocycles. The summed E-state index contributed by atoms with van der Waals surface area (Å²) in [6.45, 7) is 10.8. The summed E-state index contributed by atoms with van der Waals surface area (Å²) in [4.78, 5) is 12.6. The monoisotopic (exact) mass is 358 g/mol. The Kier molecular flexibility index (Phi) is 3.50. The molecule has 0 aromatic rings. The second kappa shape index (κ2) is 5.23. The quantitative estimate of drug-likeness (QED) is 0.578. The molecule has 1 aliphatic heterocycles.